The fourth-order valence-corrected chi connectivity index (χ4v) is 1.73. The van der Waals surface area contributed by atoms with Crippen molar-refractivity contribution < 1.29 is 9.59 Å². The Labute approximate surface area is 114 Å². The molecule has 0 unspecified atom stereocenters. The van der Waals surface area contributed by atoms with Crippen LogP contribution in [0.15, 0.2) is 24.3 Å². The Hall–Kier alpha value is -1.84. The molecule has 104 valence electrons. The molecule has 0 aromatic heterocycles. The highest BCUT2D eigenvalue weighted by Gasteiger charge is 2.05. The summed E-state index contributed by atoms with van der Waals surface area (Å²) >= 11 is 0. The molecule has 1 aromatic rings. The highest BCUT2D eigenvalue weighted by molar-refractivity contribution is 5.94. The summed E-state index contributed by atoms with van der Waals surface area (Å²) in [6, 6.07) is 7.56. The summed E-state index contributed by atoms with van der Waals surface area (Å²) in [6.45, 7) is 4.08. The van der Waals surface area contributed by atoms with Crippen molar-refractivity contribution in [2.75, 3.05) is 11.9 Å². The number of hydrogen-bond donors (Lipinski definition) is 2. The first-order valence-corrected chi connectivity index (χ1v) is 6.75. The van der Waals surface area contributed by atoms with Gasteiger partial charge in [0.25, 0.3) is 0 Å². The van der Waals surface area contributed by atoms with Crippen LogP contribution in [0.4, 0.5) is 5.69 Å². The van der Waals surface area contributed by atoms with Crippen LogP contribution in [0.5, 0.6) is 0 Å². The van der Waals surface area contributed by atoms with E-state index in [4.69, 9.17) is 0 Å². The third-order valence-corrected chi connectivity index (χ3v) is 2.76. The molecule has 0 fully saturated rings. The second-order valence-electron chi connectivity index (χ2n) is 4.65. The summed E-state index contributed by atoms with van der Waals surface area (Å²) in [5.41, 5.74) is 1.84. The molecule has 0 spiro atoms. The Balaban J connectivity index is 2.26. The molecule has 0 aliphatic carbocycles. The van der Waals surface area contributed by atoms with Crippen LogP contribution in [-0.2, 0) is 9.59 Å². The van der Waals surface area contributed by atoms with Crippen molar-refractivity contribution in [2.24, 2.45) is 0 Å². The minimum atomic E-state index is -0.200. The molecule has 19 heavy (non-hydrogen) atoms. The van der Waals surface area contributed by atoms with Crippen LogP contribution in [-0.4, -0.2) is 18.4 Å². The summed E-state index contributed by atoms with van der Waals surface area (Å²) in [4.78, 5) is 23.1. The Bertz CT molecular complexity index is 430. The zero-order chi connectivity index (χ0) is 14.1. The topological polar surface area (TPSA) is 58.2 Å². The van der Waals surface area contributed by atoms with Crippen LogP contribution in [0.1, 0.15) is 38.2 Å². The maximum Gasteiger partial charge on any atom is 0.243 e. The van der Waals surface area contributed by atoms with Gasteiger partial charge in [0.1, 0.15) is 0 Å². The number of anilines is 1. The predicted octanol–water partition coefficient (Wildman–Crippen LogP) is 2.63. The highest BCUT2D eigenvalue weighted by atomic mass is 16.2. The SMILES string of the molecule is CCCCCC(=O)NCC(=O)Nc1cccc(C)c1. The van der Waals surface area contributed by atoms with Gasteiger partial charge < -0.3 is 10.6 Å². The fourth-order valence-electron chi connectivity index (χ4n) is 1.73. The van der Waals surface area contributed by atoms with Crippen molar-refractivity contribution in [3.8, 4) is 0 Å². The Morgan fingerprint density at radius 1 is 1.16 bits per heavy atom. The van der Waals surface area contributed by atoms with Gasteiger partial charge in [0.2, 0.25) is 11.8 Å². The van der Waals surface area contributed by atoms with Gasteiger partial charge >= 0.3 is 0 Å². The minimum Gasteiger partial charge on any atom is -0.347 e. The van der Waals surface area contributed by atoms with E-state index < -0.39 is 0 Å². The van der Waals surface area contributed by atoms with Crippen LogP contribution in [0, 0.1) is 6.92 Å². The van der Waals surface area contributed by atoms with Gasteiger partial charge in [0.05, 0.1) is 6.54 Å². The molecule has 2 N–H and O–H groups in total. The number of aryl methyl sites for hydroxylation is 1. The predicted molar refractivity (Wildman–Crippen MR) is 77.0 cm³/mol. The fraction of sp³-hybridized carbons (Fsp3) is 0.467. The number of benzene rings is 1. The van der Waals surface area contributed by atoms with Crippen molar-refractivity contribution >= 4 is 17.5 Å². The van der Waals surface area contributed by atoms with E-state index in [2.05, 4.69) is 17.6 Å². The normalized spacial score (nSPS) is 10.0. The molecule has 0 aliphatic rings. The van der Waals surface area contributed by atoms with Gasteiger partial charge in [-0.05, 0) is 31.0 Å². The maximum absolute atomic E-state index is 11.6. The Morgan fingerprint density at radius 3 is 2.63 bits per heavy atom. The molecule has 0 aliphatic heterocycles. The van der Waals surface area contributed by atoms with Gasteiger partial charge in [-0.3, -0.25) is 9.59 Å². The number of nitrogens with one attached hydrogen (secondary N) is 2. The lowest BCUT2D eigenvalue weighted by Gasteiger charge is -2.07. The van der Waals surface area contributed by atoms with Gasteiger partial charge in [-0.15, -0.1) is 0 Å². The summed E-state index contributed by atoms with van der Waals surface area (Å²) in [6.07, 6.45) is 3.50. The summed E-state index contributed by atoms with van der Waals surface area (Å²) in [5.74, 6) is -0.262. The summed E-state index contributed by atoms with van der Waals surface area (Å²) < 4.78 is 0. The molecule has 1 aromatic carbocycles. The van der Waals surface area contributed by atoms with Crippen molar-refractivity contribution in [2.45, 2.75) is 39.5 Å². The second kappa shape index (κ2) is 8.29. The van der Waals surface area contributed by atoms with Crippen LogP contribution < -0.4 is 10.6 Å². The van der Waals surface area contributed by atoms with Crippen LogP contribution in [0.2, 0.25) is 0 Å². The molecule has 0 heterocycles. The first-order chi connectivity index (χ1) is 9.11. The first-order valence-electron chi connectivity index (χ1n) is 6.75. The minimum absolute atomic E-state index is 0.0267. The summed E-state index contributed by atoms with van der Waals surface area (Å²) in [7, 11) is 0. The molecule has 0 radical (unpaired) electrons. The van der Waals surface area contributed by atoms with E-state index in [1.54, 1.807) is 0 Å². The van der Waals surface area contributed by atoms with Gasteiger partial charge in [0.15, 0.2) is 0 Å². The number of carbonyl (C=O) groups excluding carboxylic acids is 2. The Kier molecular flexibility index (Phi) is 6.64. The van der Waals surface area contributed by atoms with E-state index in [0.717, 1.165) is 30.5 Å². The molecule has 1 rings (SSSR count). The van der Waals surface area contributed by atoms with Crippen molar-refractivity contribution in [3.63, 3.8) is 0 Å². The number of carbonyl (C=O) groups is 2. The lowest BCUT2D eigenvalue weighted by Crippen LogP contribution is -2.32. The lowest BCUT2D eigenvalue weighted by atomic mass is 10.2. The molecule has 0 saturated carbocycles. The summed E-state index contributed by atoms with van der Waals surface area (Å²) in [5, 5.41) is 5.38. The number of unbranched alkanes of at least 4 members (excludes halogenated alkanes) is 2. The van der Waals surface area contributed by atoms with Crippen molar-refractivity contribution in [1.29, 1.82) is 0 Å². The van der Waals surface area contributed by atoms with Crippen LogP contribution in [0.3, 0.4) is 0 Å². The van der Waals surface area contributed by atoms with Gasteiger partial charge in [-0.25, -0.2) is 0 Å². The zero-order valence-corrected chi connectivity index (χ0v) is 11.7. The molecule has 4 nitrogen and oxygen atoms in total. The number of amides is 2. The van der Waals surface area contributed by atoms with Gasteiger partial charge in [0, 0.05) is 12.1 Å². The van der Waals surface area contributed by atoms with E-state index in [0.29, 0.717) is 6.42 Å². The van der Waals surface area contributed by atoms with E-state index >= 15 is 0 Å². The average Bonchev–Trinajstić information content (AvgIpc) is 2.37. The van der Waals surface area contributed by atoms with E-state index in [1.807, 2.05) is 31.2 Å². The molecule has 4 heteroatoms. The number of rotatable bonds is 7. The van der Waals surface area contributed by atoms with Crippen molar-refractivity contribution in [1.82, 2.24) is 5.32 Å². The smallest absolute Gasteiger partial charge is 0.243 e. The molecule has 0 saturated heterocycles. The van der Waals surface area contributed by atoms with E-state index in [1.165, 1.54) is 0 Å². The first kappa shape index (κ1) is 15.2. The highest BCUT2D eigenvalue weighted by Crippen LogP contribution is 2.08. The van der Waals surface area contributed by atoms with Gasteiger partial charge in [-0.1, -0.05) is 31.9 Å². The molecule has 0 atom stereocenters. The molecule has 0 bridgehead atoms. The third kappa shape index (κ3) is 6.60. The van der Waals surface area contributed by atoms with Gasteiger partial charge in [-0.2, -0.15) is 0 Å². The van der Waals surface area contributed by atoms with Crippen LogP contribution in [0.25, 0.3) is 0 Å². The number of hydrogen-bond acceptors (Lipinski definition) is 2. The molecule has 2 amide bonds. The van der Waals surface area contributed by atoms with E-state index in [-0.39, 0.29) is 18.4 Å². The largest absolute Gasteiger partial charge is 0.347 e. The van der Waals surface area contributed by atoms with E-state index in [9.17, 15) is 9.59 Å². The monoisotopic (exact) mass is 262 g/mol. The standard InChI is InChI=1S/C15H22N2O2/c1-3-4-5-9-14(18)16-11-15(19)17-13-8-6-7-12(2)10-13/h6-8,10H,3-5,9,11H2,1-2H3,(H,16,18)(H,17,19). The third-order valence-electron chi connectivity index (χ3n) is 2.76. The quantitative estimate of drug-likeness (QED) is 0.742. The average molecular weight is 262 g/mol. The second-order valence-corrected chi connectivity index (χ2v) is 4.65. The molecular weight excluding hydrogens is 240 g/mol. The lowest BCUT2D eigenvalue weighted by molar-refractivity contribution is -0.124. The molecular formula is C15H22N2O2. The van der Waals surface area contributed by atoms with Crippen LogP contribution >= 0.6 is 0 Å². The zero-order valence-electron chi connectivity index (χ0n) is 11.7. The Morgan fingerprint density at radius 2 is 1.95 bits per heavy atom. The maximum atomic E-state index is 11.6. The van der Waals surface area contributed by atoms with Crippen molar-refractivity contribution in [3.05, 3.63) is 29.8 Å².